The van der Waals surface area contributed by atoms with Crippen molar-refractivity contribution in [3.8, 4) is 0 Å². The zero-order valence-corrected chi connectivity index (χ0v) is 14.5. The average molecular weight is 332 g/mol. The molecule has 0 bridgehead atoms. The maximum Gasteiger partial charge on any atom is 0.253 e. The van der Waals surface area contributed by atoms with E-state index in [9.17, 15) is 9.00 Å². The van der Waals surface area contributed by atoms with E-state index in [1.807, 2.05) is 38.1 Å². The Bertz CT molecular complexity index is 738. The van der Waals surface area contributed by atoms with Gasteiger partial charge >= 0.3 is 0 Å². The number of aromatic nitrogens is 1. The van der Waals surface area contributed by atoms with E-state index >= 15 is 0 Å². The number of amides is 1. The molecule has 3 atom stereocenters. The quantitative estimate of drug-likeness (QED) is 0.902. The van der Waals surface area contributed by atoms with Gasteiger partial charge in [0.15, 0.2) is 0 Å². The van der Waals surface area contributed by atoms with Crippen LogP contribution in [0.25, 0.3) is 10.9 Å². The van der Waals surface area contributed by atoms with Crippen LogP contribution in [0.3, 0.4) is 0 Å². The third-order valence-electron chi connectivity index (χ3n) is 4.74. The summed E-state index contributed by atoms with van der Waals surface area (Å²) in [4.78, 5) is 16.0. The molecule has 0 spiro atoms. The van der Waals surface area contributed by atoms with Crippen molar-refractivity contribution in [3.63, 3.8) is 0 Å². The number of hydrogen-bond acceptors (Lipinski definition) is 2. The summed E-state index contributed by atoms with van der Waals surface area (Å²) < 4.78 is 12.0. The second kappa shape index (κ2) is 6.87. The fourth-order valence-corrected chi connectivity index (χ4v) is 4.93. The van der Waals surface area contributed by atoms with Crippen LogP contribution in [0, 0.1) is 6.92 Å². The van der Waals surface area contributed by atoms with Crippen LogP contribution in [0.1, 0.15) is 48.7 Å². The van der Waals surface area contributed by atoms with Gasteiger partial charge in [0.25, 0.3) is 5.91 Å². The second-order valence-corrected chi connectivity index (χ2v) is 8.30. The standard InChI is InChI=1S/C18H24N2O2S/c1-3-23(22)14-8-6-7-13(11-14)20-18(21)17-12(2)19-16-10-5-4-9-15(16)17/h4-5,9-10,13-14,19H,3,6-8,11H2,1-2H3,(H,20,21). The van der Waals surface area contributed by atoms with E-state index in [1.54, 1.807) is 0 Å². The lowest BCUT2D eigenvalue weighted by Crippen LogP contribution is -2.41. The maximum absolute atomic E-state index is 12.7. The topological polar surface area (TPSA) is 62.0 Å². The molecule has 3 rings (SSSR count). The lowest BCUT2D eigenvalue weighted by Gasteiger charge is -2.29. The Hall–Kier alpha value is -1.62. The van der Waals surface area contributed by atoms with E-state index in [-0.39, 0.29) is 17.2 Å². The molecule has 0 aliphatic heterocycles. The zero-order valence-electron chi connectivity index (χ0n) is 13.7. The van der Waals surface area contributed by atoms with Crippen molar-refractivity contribution in [1.29, 1.82) is 0 Å². The van der Waals surface area contributed by atoms with Gasteiger partial charge in [-0.05, 0) is 32.3 Å². The smallest absolute Gasteiger partial charge is 0.253 e. The minimum atomic E-state index is -0.770. The van der Waals surface area contributed by atoms with E-state index in [1.165, 1.54) is 0 Å². The molecule has 1 saturated carbocycles. The second-order valence-electron chi connectivity index (χ2n) is 6.30. The molecular weight excluding hydrogens is 308 g/mol. The molecule has 0 saturated heterocycles. The summed E-state index contributed by atoms with van der Waals surface area (Å²) in [5.74, 6) is 0.681. The van der Waals surface area contributed by atoms with E-state index in [0.717, 1.165) is 47.8 Å². The first-order chi connectivity index (χ1) is 11.1. The molecule has 1 fully saturated rings. The molecule has 1 aliphatic rings. The first-order valence-electron chi connectivity index (χ1n) is 8.35. The summed E-state index contributed by atoms with van der Waals surface area (Å²) in [5.41, 5.74) is 2.62. The third kappa shape index (κ3) is 3.34. The predicted octanol–water partition coefficient (Wildman–Crippen LogP) is 3.29. The number of carbonyl (C=O) groups excluding carboxylic acids is 1. The van der Waals surface area contributed by atoms with Crippen molar-refractivity contribution in [2.45, 2.75) is 50.8 Å². The number of H-pyrrole nitrogens is 1. The molecule has 5 heteroatoms. The van der Waals surface area contributed by atoms with Gasteiger partial charge in [-0.15, -0.1) is 0 Å². The molecule has 124 valence electrons. The SMILES string of the molecule is CCS(=O)C1CCCC(NC(=O)c2c(C)[nH]c3ccccc23)C1. The van der Waals surface area contributed by atoms with Crippen LogP contribution >= 0.6 is 0 Å². The number of aromatic amines is 1. The highest BCUT2D eigenvalue weighted by molar-refractivity contribution is 7.85. The Balaban J connectivity index is 1.76. The summed E-state index contributed by atoms with van der Waals surface area (Å²) >= 11 is 0. The highest BCUT2D eigenvalue weighted by atomic mass is 32.2. The molecule has 1 amide bonds. The molecule has 1 aromatic carbocycles. The summed E-state index contributed by atoms with van der Waals surface area (Å²) in [6, 6.07) is 8.01. The summed E-state index contributed by atoms with van der Waals surface area (Å²) in [7, 11) is -0.770. The number of para-hydroxylation sites is 1. The van der Waals surface area contributed by atoms with Crippen molar-refractivity contribution in [2.24, 2.45) is 0 Å². The number of carbonyl (C=O) groups is 1. The monoisotopic (exact) mass is 332 g/mol. The molecule has 1 aromatic heterocycles. The van der Waals surface area contributed by atoms with Crippen LogP contribution in [0.4, 0.5) is 0 Å². The first-order valence-corrected chi connectivity index (χ1v) is 9.73. The van der Waals surface area contributed by atoms with Crippen molar-refractivity contribution in [2.75, 3.05) is 5.75 Å². The highest BCUT2D eigenvalue weighted by Crippen LogP contribution is 2.25. The fourth-order valence-electron chi connectivity index (χ4n) is 3.58. The molecular formula is C18H24N2O2S. The normalized spacial score (nSPS) is 22.9. The van der Waals surface area contributed by atoms with Crippen LogP contribution in [0.15, 0.2) is 24.3 Å². The van der Waals surface area contributed by atoms with Gasteiger partial charge in [0, 0.05) is 44.4 Å². The number of benzene rings is 1. The molecule has 1 heterocycles. The summed E-state index contributed by atoms with van der Waals surface area (Å²) in [5, 5.41) is 4.36. The number of nitrogens with one attached hydrogen (secondary N) is 2. The molecule has 4 nitrogen and oxygen atoms in total. The molecule has 23 heavy (non-hydrogen) atoms. The van der Waals surface area contributed by atoms with Crippen LogP contribution in [0.5, 0.6) is 0 Å². The maximum atomic E-state index is 12.7. The Morgan fingerprint density at radius 1 is 1.35 bits per heavy atom. The third-order valence-corrected chi connectivity index (χ3v) is 6.48. The minimum Gasteiger partial charge on any atom is -0.358 e. The van der Waals surface area contributed by atoms with Crippen LogP contribution < -0.4 is 5.32 Å². The van der Waals surface area contributed by atoms with Crippen molar-refractivity contribution >= 4 is 27.6 Å². The van der Waals surface area contributed by atoms with Gasteiger partial charge in [0.1, 0.15) is 0 Å². The van der Waals surface area contributed by atoms with E-state index < -0.39 is 10.8 Å². The molecule has 0 radical (unpaired) electrons. The average Bonchev–Trinajstić information content (AvgIpc) is 2.90. The minimum absolute atomic E-state index is 0.0205. The van der Waals surface area contributed by atoms with Crippen molar-refractivity contribution in [3.05, 3.63) is 35.5 Å². The Morgan fingerprint density at radius 3 is 2.91 bits per heavy atom. The number of hydrogen-bond donors (Lipinski definition) is 2. The molecule has 1 aliphatic carbocycles. The summed E-state index contributed by atoms with van der Waals surface area (Å²) in [6.45, 7) is 3.90. The van der Waals surface area contributed by atoms with E-state index in [0.29, 0.717) is 5.75 Å². The number of rotatable bonds is 4. The molecule has 3 unspecified atom stereocenters. The largest absolute Gasteiger partial charge is 0.358 e. The predicted molar refractivity (Wildman–Crippen MR) is 95.2 cm³/mol. The lowest BCUT2D eigenvalue weighted by atomic mass is 9.94. The van der Waals surface area contributed by atoms with E-state index in [4.69, 9.17) is 0 Å². The van der Waals surface area contributed by atoms with Crippen molar-refractivity contribution in [1.82, 2.24) is 10.3 Å². The number of fused-ring (bicyclic) bond motifs is 1. The molecule has 2 N–H and O–H groups in total. The Kier molecular flexibility index (Phi) is 4.85. The lowest BCUT2D eigenvalue weighted by molar-refractivity contribution is 0.0929. The van der Waals surface area contributed by atoms with Gasteiger partial charge in [0.2, 0.25) is 0 Å². The Labute approximate surface area is 139 Å². The van der Waals surface area contributed by atoms with Crippen LogP contribution in [0.2, 0.25) is 0 Å². The Morgan fingerprint density at radius 2 is 2.13 bits per heavy atom. The zero-order chi connectivity index (χ0) is 16.4. The van der Waals surface area contributed by atoms with Gasteiger partial charge in [-0.25, -0.2) is 0 Å². The van der Waals surface area contributed by atoms with Crippen molar-refractivity contribution < 1.29 is 9.00 Å². The summed E-state index contributed by atoms with van der Waals surface area (Å²) in [6.07, 6.45) is 3.85. The first kappa shape index (κ1) is 16.2. The van der Waals surface area contributed by atoms with E-state index in [2.05, 4.69) is 10.3 Å². The van der Waals surface area contributed by atoms with Gasteiger partial charge in [-0.3, -0.25) is 9.00 Å². The van der Waals surface area contributed by atoms with Gasteiger partial charge in [-0.1, -0.05) is 31.5 Å². The van der Waals surface area contributed by atoms with Gasteiger partial charge in [0.05, 0.1) is 5.56 Å². The number of aryl methyl sites for hydroxylation is 1. The van der Waals surface area contributed by atoms with Gasteiger partial charge in [-0.2, -0.15) is 0 Å². The fraction of sp³-hybridized carbons (Fsp3) is 0.500. The molecule has 2 aromatic rings. The van der Waals surface area contributed by atoms with Gasteiger partial charge < -0.3 is 10.3 Å². The van der Waals surface area contributed by atoms with Crippen LogP contribution in [-0.4, -0.2) is 32.1 Å². The highest BCUT2D eigenvalue weighted by Gasteiger charge is 2.27. The van der Waals surface area contributed by atoms with Crippen LogP contribution in [-0.2, 0) is 10.8 Å².